The van der Waals surface area contributed by atoms with Crippen molar-refractivity contribution in [3.63, 3.8) is 0 Å². The second kappa shape index (κ2) is 6.27. The Morgan fingerprint density at radius 2 is 2.17 bits per heavy atom. The Kier molecular flexibility index (Phi) is 4.18. The summed E-state index contributed by atoms with van der Waals surface area (Å²) in [4.78, 5) is 24.6. The van der Waals surface area contributed by atoms with Crippen LogP contribution in [0.1, 0.15) is 23.2 Å². The van der Waals surface area contributed by atoms with Gasteiger partial charge in [0.1, 0.15) is 17.1 Å². The summed E-state index contributed by atoms with van der Waals surface area (Å²) in [5.41, 5.74) is -1.03. The fraction of sp³-hybridized carbons (Fsp3) is 0.200. The fourth-order valence-corrected chi connectivity index (χ4v) is 2.65. The van der Waals surface area contributed by atoms with E-state index in [1.165, 1.54) is 17.6 Å². The number of amides is 1. The molecule has 0 aliphatic carbocycles. The van der Waals surface area contributed by atoms with E-state index in [0.717, 1.165) is 0 Å². The zero-order valence-corrected chi connectivity index (χ0v) is 13.1. The molecule has 0 aromatic carbocycles. The molecule has 7 nitrogen and oxygen atoms in total. The SMILES string of the molecule is CC(O)(CNC(=O)c1csc(-c2ncccn2)n1)c1ccco1. The minimum atomic E-state index is -1.29. The van der Waals surface area contributed by atoms with Gasteiger partial charge in [-0.2, -0.15) is 0 Å². The summed E-state index contributed by atoms with van der Waals surface area (Å²) in [7, 11) is 0. The van der Waals surface area contributed by atoms with Crippen molar-refractivity contribution in [2.75, 3.05) is 6.54 Å². The van der Waals surface area contributed by atoms with Crippen LogP contribution in [0.2, 0.25) is 0 Å². The van der Waals surface area contributed by atoms with Gasteiger partial charge in [0.15, 0.2) is 10.8 Å². The van der Waals surface area contributed by atoms with Gasteiger partial charge < -0.3 is 14.8 Å². The maximum absolute atomic E-state index is 12.2. The Bertz CT molecular complexity index is 784. The lowest BCUT2D eigenvalue weighted by Crippen LogP contribution is -2.38. The van der Waals surface area contributed by atoms with Crippen molar-refractivity contribution in [2.24, 2.45) is 0 Å². The molecule has 0 aliphatic heterocycles. The molecule has 8 heteroatoms. The lowest BCUT2D eigenvalue weighted by Gasteiger charge is -2.20. The summed E-state index contributed by atoms with van der Waals surface area (Å²) >= 11 is 1.28. The molecule has 0 bridgehead atoms. The molecule has 3 heterocycles. The zero-order chi connectivity index (χ0) is 16.3. The van der Waals surface area contributed by atoms with Gasteiger partial charge in [-0.05, 0) is 25.1 Å². The van der Waals surface area contributed by atoms with Crippen LogP contribution in [0.15, 0.2) is 46.7 Å². The van der Waals surface area contributed by atoms with Crippen LogP contribution in [0.3, 0.4) is 0 Å². The number of thiazole rings is 1. The molecule has 0 saturated carbocycles. The molecule has 3 rings (SSSR count). The van der Waals surface area contributed by atoms with E-state index < -0.39 is 5.60 Å². The Hall–Kier alpha value is -2.58. The highest BCUT2D eigenvalue weighted by atomic mass is 32.1. The predicted molar refractivity (Wildman–Crippen MR) is 83.8 cm³/mol. The van der Waals surface area contributed by atoms with E-state index in [-0.39, 0.29) is 18.1 Å². The number of carbonyl (C=O) groups excluding carboxylic acids is 1. The van der Waals surface area contributed by atoms with Crippen LogP contribution < -0.4 is 5.32 Å². The van der Waals surface area contributed by atoms with Gasteiger partial charge in [-0.25, -0.2) is 15.0 Å². The van der Waals surface area contributed by atoms with Crippen molar-refractivity contribution in [3.8, 4) is 10.8 Å². The number of hydrogen-bond donors (Lipinski definition) is 2. The van der Waals surface area contributed by atoms with Gasteiger partial charge in [0.05, 0.1) is 12.8 Å². The monoisotopic (exact) mass is 330 g/mol. The van der Waals surface area contributed by atoms with E-state index >= 15 is 0 Å². The highest BCUT2D eigenvalue weighted by Crippen LogP contribution is 2.21. The summed E-state index contributed by atoms with van der Waals surface area (Å²) in [5.74, 6) is 0.476. The topological polar surface area (TPSA) is 101 Å². The van der Waals surface area contributed by atoms with E-state index in [1.54, 1.807) is 42.9 Å². The minimum absolute atomic E-state index is 0.00798. The molecule has 0 fully saturated rings. The van der Waals surface area contributed by atoms with Crippen molar-refractivity contribution >= 4 is 17.2 Å². The van der Waals surface area contributed by atoms with E-state index in [0.29, 0.717) is 16.6 Å². The van der Waals surface area contributed by atoms with E-state index in [9.17, 15) is 9.90 Å². The smallest absolute Gasteiger partial charge is 0.270 e. The molecule has 3 aromatic rings. The fourth-order valence-electron chi connectivity index (χ4n) is 1.91. The maximum Gasteiger partial charge on any atom is 0.270 e. The highest BCUT2D eigenvalue weighted by Gasteiger charge is 2.27. The number of nitrogens with zero attached hydrogens (tertiary/aromatic N) is 3. The summed E-state index contributed by atoms with van der Waals surface area (Å²) in [5, 5.41) is 15.1. The minimum Gasteiger partial charge on any atom is -0.466 e. The lowest BCUT2D eigenvalue weighted by molar-refractivity contribution is 0.0329. The molecule has 0 radical (unpaired) electrons. The van der Waals surface area contributed by atoms with Crippen LogP contribution in [0.5, 0.6) is 0 Å². The van der Waals surface area contributed by atoms with Crippen molar-refractivity contribution in [1.82, 2.24) is 20.3 Å². The Morgan fingerprint density at radius 3 is 2.87 bits per heavy atom. The second-order valence-electron chi connectivity index (χ2n) is 5.04. The molecule has 1 amide bonds. The van der Waals surface area contributed by atoms with Crippen LogP contribution in [-0.2, 0) is 5.60 Å². The number of nitrogens with one attached hydrogen (secondary N) is 1. The molecule has 3 aromatic heterocycles. The largest absolute Gasteiger partial charge is 0.466 e. The molecule has 0 spiro atoms. The molecule has 0 saturated heterocycles. The van der Waals surface area contributed by atoms with Crippen LogP contribution in [0.4, 0.5) is 0 Å². The van der Waals surface area contributed by atoms with Crippen molar-refractivity contribution < 1.29 is 14.3 Å². The molecular formula is C15H14N4O3S. The molecular weight excluding hydrogens is 316 g/mol. The van der Waals surface area contributed by atoms with Gasteiger partial charge in [0.25, 0.3) is 5.91 Å². The summed E-state index contributed by atoms with van der Waals surface area (Å²) < 4.78 is 5.17. The first-order chi connectivity index (χ1) is 11.1. The van der Waals surface area contributed by atoms with Crippen molar-refractivity contribution in [1.29, 1.82) is 0 Å². The Labute approximate surface area is 136 Å². The van der Waals surface area contributed by atoms with Gasteiger partial charge in [-0.3, -0.25) is 4.79 Å². The quantitative estimate of drug-likeness (QED) is 0.740. The van der Waals surface area contributed by atoms with Crippen molar-refractivity contribution in [3.05, 3.63) is 53.7 Å². The first-order valence-corrected chi connectivity index (χ1v) is 7.72. The average Bonchev–Trinajstić information content (AvgIpc) is 3.25. The second-order valence-corrected chi connectivity index (χ2v) is 5.90. The van der Waals surface area contributed by atoms with Gasteiger partial charge in [0.2, 0.25) is 0 Å². The third-order valence-electron chi connectivity index (χ3n) is 3.14. The normalized spacial score (nSPS) is 13.5. The number of hydrogen-bond acceptors (Lipinski definition) is 7. The first kappa shape index (κ1) is 15.3. The van der Waals surface area contributed by atoms with E-state index in [2.05, 4.69) is 20.3 Å². The highest BCUT2D eigenvalue weighted by molar-refractivity contribution is 7.13. The van der Waals surface area contributed by atoms with E-state index in [4.69, 9.17) is 4.42 Å². The molecule has 2 N–H and O–H groups in total. The van der Waals surface area contributed by atoms with Crippen molar-refractivity contribution in [2.45, 2.75) is 12.5 Å². The van der Waals surface area contributed by atoms with Crippen LogP contribution >= 0.6 is 11.3 Å². The molecule has 118 valence electrons. The number of furan rings is 1. The molecule has 0 aliphatic rings. The van der Waals surface area contributed by atoms with Gasteiger partial charge >= 0.3 is 0 Å². The number of carbonyl (C=O) groups is 1. The number of aromatic nitrogens is 3. The Morgan fingerprint density at radius 1 is 1.39 bits per heavy atom. The average molecular weight is 330 g/mol. The number of aliphatic hydroxyl groups is 1. The maximum atomic E-state index is 12.2. The summed E-state index contributed by atoms with van der Waals surface area (Å²) in [6.07, 6.45) is 4.70. The molecule has 23 heavy (non-hydrogen) atoms. The lowest BCUT2D eigenvalue weighted by atomic mass is 10.0. The predicted octanol–water partition coefficient (Wildman–Crippen LogP) is 1.83. The zero-order valence-electron chi connectivity index (χ0n) is 12.3. The van der Waals surface area contributed by atoms with Gasteiger partial charge in [0, 0.05) is 17.8 Å². The number of rotatable bonds is 5. The first-order valence-electron chi connectivity index (χ1n) is 6.84. The van der Waals surface area contributed by atoms with E-state index in [1.807, 2.05) is 0 Å². The summed E-state index contributed by atoms with van der Waals surface area (Å²) in [6, 6.07) is 5.04. The van der Waals surface area contributed by atoms with Crippen LogP contribution in [-0.4, -0.2) is 32.5 Å². The summed E-state index contributed by atoms with van der Waals surface area (Å²) in [6.45, 7) is 1.57. The van der Waals surface area contributed by atoms with Gasteiger partial charge in [-0.1, -0.05) is 0 Å². The van der Waals surface area contributed by atoms with Gasteiger partial charge in [-0.15, -0.1) is 11.3 Å². The third kappa shape index (κ3) is 3.43. The Balaban J connectivity index is 1.66. The standard InChI is InChI=1S/C15H14N4O3S/c1-15(21,11-4-2-7-22-11)9-18-13(20)10-8-23-14(19-10)12-16-5-3-6-17-12/h2-8,21H,9H2,1H3,(H,18,20). The van der Waals surface area contributed by atoms with Crippen LogP contribution in [0, 0.1) is 0 Å². The van der Waals surface area contributed by atoms with Crippen LogP contribution in [0.25, 0.3) is 10.8 Å². The molecule has 1 atom stereocenters. The molecule has 1 unspecified atom stereocenters. The third-order valence-corrected chi connectivity index (χ3v) is 3.98.